The van der Waals surface area contributed by atoms with Crippen LogP contribution in [0.2, 0.25) is 0 Å². The molecule has 1 saturated heterocycles. The summed E-state index contributed by atoms with van der Waals surface area (Å²) >= 11 is 0. The minimum atomic E-state index is -0.0182. The van der Waals surface area contributed by atoms with E-state index in [9.17, 15) is 4.79 Å². The van der Waals surface area contributed by atoms with Gasteiger partial charge < -0.3 is 19.2 Å². The van der Waals surface area contributed by atoms with Crippen LogP contribution in [0.3, 0.4) is 0 Å². The number of nitrogens with one attached hydrogen (secondary N) is 1. The summed E-state index contributed by atoms with van der Waals surface area (Å²) in [5.41, 5.74) is 6.05. The molecule has 0 radical (unpaired) electrons. The van der Waals surface area contributed by atoms with Crippen LogP contribution >= 0.6 is 0 Å². The standard InChI is InChI=1S/C27H30N4O2/c1-3-28-24-15-22(17-30(2)27(24)32)21-9-10-23-25(16-21)31(18-29-23)26(19-7-5-4-6-8-19)20-11-13-33-14-12-20/h4-10,15-18,20,26,28H,3,11-14H2,1-2H3/t26-/m1/s1. The molecule has 4 aromatic rings. The monoisotopic (exact) mass is 442 g/mol. The number of anilines is 1. The lowest BCUT2D eigenvalue weighted by Gasteiger charge is -2.32. The Kier molecular flexibility index (Phi) is 6.01. The average Bonchev–Trinajstić information content (AvgIpc) is 3.26. The van der Waals surface area contributed by atoms with Gasteiger partial charge in [0, 0.05) is 38.6 Å². The zero-order chi connectivity index (χ0) is 22.8. The number of aromatic nitrogens is 3. The quantitative estimate of drug-likeness (QED) is 0.464. The van der Waals surface area contributed by atoms with Crippen LogP contribution in [-0.4, -0.2) is 33.9 Å². The number of imidazole rings is 1. The summed E-state index contributed by atoms with van der Waals surface area (Å²) in [7, 11) is 1.80. The van der Waals surface area contributed by atoms with Gasteiger partial charge in [-0.2, -0.15) is 0 Å². The maximum atomic E-state index is 12.5. The van der Waals surface area contributed by atoms with Gasteiger partial charge in [-0.1, -0.05) is 36.4 Å². The molecule has 170 valence electrons. The van der Waals surface area contributed by atoms with Gasteiger partial charge in [0.1, 0.15) is 5.69 Å². The topological polar surface area (TPSA) is 61.1 Å². The highest BCUT2D eigenvalue weighted by molar-refractivity contribution is 5.83. The summed E-state index contributed by atoms with van der Waals surface area (Å²) < 4.78 is 9.63. The molecule has 1 aliphatic heterocycles. The first-order valence-electron chi connectivity index (χ1n) is 11.7. The van der Waals surface area contributed by atoms with E-state index in [4.69, 9.17) is 9.72 Å². The molecule has 0 saturated carbocycles. The van der Waals surface area contributed by atoms with Crippen molar-refractivity contribution < 1.29 is 4.74 Å². The first-order chi connectivity index (χ1) is 16.2. The van der Waals surface area contributed by atoms with Crippen LogP contribution in [0.4, 0.5) is 5.69 Å². The number of benzene rings is 2. The molecule has 6 nitrogen and oxygen atoms in total. The lowest BCUT2D eigenvalue weighted by molar-refractivity contribution is 0.0547. The van der Waals surface area contributed by atoms with Crippen LogP contribution in [0.1, 0.15) is 31.4 Å². The predicted molar refractivity (Wildman–Crippen MR) is 133 cm³/mol. The van der Waals surface area contributed by atoms with E-state index in [-0.39, 0.29) is 11.6 Å². The molecule has 2 aromatic carbocycles. The third kappa shape index (κ3) is 4.18. The van der Waals surface area contributed by atoms with Crippen molar-refractivity contribution in [3.63, 3.8) is 0 Å². The van der Waals surface area contributed by atoms with E-state index >= 15 is 0 Å². The van der Waals surface area contributed by atoms with Gasteiger partial charge in [-0.05, 0) is 55.0 Å². The van der Waals surface area contributed by atoms with Gasteiger partial charge in [-0.25, -0.2) is 4.98 Å². The zero-order valence-corrected chi connectivity index (χ0v) is 19.2. The van der Waals surface area contributed by atoms with Crippen LogP contribution in [-0.2, 0) is 11.8 Å². The molecular weight excluding hydrogens is 412 g/mol. The molecule has 1 aliphatic rings. The molecule has 0 amide bonds. The van der Waals surface area contributed by atoms with Crippen molar-refractivity contribution in [2.24, 2.45) is 13.0 Å². The normalized spacial score (nSPS) is 15.6. The van der Waals surface area contributed by atoms with Crippen molar-refractivity contribution in [1.29, 1.82) is 0 Å². The third-order valence-corrected chi connectivity index (χ3v) is 6.61. The van der Waals surface area contributed by atoms with Crippen LogP contribution in [0.15, 0.2) is 71.9 Å². The number of nitrogens with zero attached hydrogens (tertiary/aromatic N) is 3. The predicted octanol–water partition coefficient (Wildman–Crippen LogP) is 4.85. The average molecular weight is 443 g/mol. The number of aryl methyl sites for hydroxylation is 1. The molecule has 2 aromatic heterocycles. The lowest BCUT2D eigenvalue weighted by atomic mass is 9.86. The molecule has 33 heavy (non-hydrogen) atoms. The van der Waals surface area contributed by atoms with Crippen LogP contribution in [0.5, 0.6) is 0 Å². The molecule has 0 aliphatic carbocycles. The second kappa shape index (κ2) is 9.24. The van der Waals surface area contributed by atoms with Crippen molar-refractivity contribution in [2.75, 3.05) is 25.1 Å². The molecule has 1 atom stereocenters. The third-order valence-electron chi connectivity index (χ3n) is 6.61. The highest BCUT2D eigenvalue weighted by Gasteiger charge is 2.28. The Morgan fingerprint density at radius 3 is 2.64 bits per heavy atom. The molecule has 1 N–H and O–H groups in total. The maximum absolute atomic E-state index is 12.5. The smallest absolute Gasteiger partial charge is 0.273 e. The van der Waals surface area contributed by atoms with E-state index in [0.29, 0.717) is 18.2 Å². The van der Waals surface area contributed by atoms with Crippen LogP contribution in [0, 0.1) is 5.92 Å². The number of pyridine rings is 1. The van der Waals surface area contributed by atoms with Crippen LogP contribution in [0.25, 0.3) is 22.2 Å². The molecule has 0 unspecified atom stereocenters. The van der Waals surface area contributed by atoms with Gasteiger partial charge in [-0.15, -0.1) is 0 Å². The zero-order valence-electron chi connectivity index (χ0n) is 19.2. The van der Waals surface area contributed by atoms with Crippen molar-refractivity contribution in [2.45, 2.75) is 25.8 Å². The number of fused-ring (bicyclic) bond motifs is 1. The van der Waals surface area contributed by atoms with E-state index < -0.39 is 0 Å². The van der Waals surface area contributed by atoms with Crippen LogP contribution < -0.4 is 10.9 Å². The fraction of sp³-hybridized carbons (Fsp3) is 0.333. The Hall–Kier alpha value is -3.38. The fourth-order valence-electron chi connectivity index (χ4n) is 4.96. The molecule has 0 bridgehead atoms. The van der Waals surface area contributed by atoms with Gasteiger partial charge in [0.2, 0.25) is 0 Å². The number of hydrogen-bond acceptors (Lipinski definition) is 4. The summed E-state index contributed by atoms with van der Waals surface area (Å²) in [6.45, 7) is 4.30. The minimum Gasteiger partial charge on any atom is -0.381 e. The molecule has 1 fully saturated rings. The van der Waals surface area contributed by atoms with E-state index in [1.165, 1.54) is 5.56 Å². The number of ether oxygens (including phenoxy) is 1. The Morgan fingerprint density at radius 2 is 1.88 bits per heavy atom. The largest absolute Gasteiger partial charge is 0.381 e. The molecule has 5 rings (SSSR count). The molecular formula is C27H30N4O2. The van der Waals surface area contributed by atoms with E-state index in [1.807, 2.05) is 25.5 Å². The number of hydrogen-bond donors (Lipinski definition) is 1. The highest BCUT2D eigenvalue weighted by atomic mass is 16.5. The fourth-order valence-corrected chi connectivity index (χ4v) is 4.96. The molecule has 3 heterocycles. The Morgan fingerprint density at radius 1 is 1.09 bits per heavy atom. The molecule has 6 heteroatoms. The summed E-state index contributed by atoms with van der Waals surface area (Å²) in [6, 6.07) is 19.2. The minimum absolute atomic E-state index is 0.0182. The first kappa shape index (κ1) is 21.5. The summed E-state index contributed by atoms with van der Waals surface area (Å²) in [5, 5.41) is 3.19. The van der Waals surface area contributed by atoms with Crippen molar-refractivity contribution in [3.05, 3.63) is 83.0 Å². The van der Waals surface area contributed by atoms with Gasteiger partial charge in [0.05, 0.1) is 23.4 Å². The second-order valence-electron chi connectivity index (χ2n) is 8.75. The van der Waals surface area contributed by atoms with Crippen molar-refractivity contribution in [3.8, 4) is 11.1 Å². The van der Waals surface area contributed by atoms with E-state index in [1.54, 1.807) is 11.6 Å². The number of rotatable bonds is 6. The Balaban J connectivity index is 1.63. The van der Waals surface area contributed by atoms with E-state index in [0.717, 1.165) is 48.2 Å². The van der Waals surface area contributed by atoms with Gasteiger partial charge in [-0.3, -0.25) is 4.79 Å². The van der Waals surface area contributed by atoms with Gasteiger partial charge in [0.15, 0.2) is 0 Å². The first-order valence-corrected chi connectivity index (χ1v) is 11.7. The lowest BCUT2D eigenvalue weighted by Crippen LogP contribution is -2.26. The highest BCUT2D eigenvalue weighted by Crippen LogP contribution is 2.36. The summed E-state index contributed by atoms with van der Waals surface area (Å²) in [6.07, 6.45) is 5.95. The maximum Gasteiger partial charge on any atom is 0.273 e. The molecule has 0 spiro atoms. The van der Waals surface area contributed by atoms with Gasteiger partial charge >= 0.3 is 0 Å². The Bertz CT molecular complexity index is 1300. The van der Waals surface area contributed by atoms with Gasteiger partial charge in [0.25, 0.3) is 5.56 Å². The van der Waals surface area contributed by atoms with Crippen molar-refractivity contribution >= 4 is 16.7 Å². The van der Waals surface area contributed by atoms with Crippen molar-refractivity contribution in [1.82, 2.24) is 14.1 Å². The van der Waals surface area contributed by atoms with E-state index in [2.05, 4.69) is 58.4 Å². The summed E-state index contributed by atoms with van der Waals surface area (Å²) in [4.78, 5) is 17.2. The summed E-state index contributed by atoms with van der Waals surface area (Å²) in [5.74, 6) is 0.486. The Labute approximate surface area is 193 Å². The second-order valence-corrected chi connectivity index (χ2v) is 8.75. The SMILES string of the molecule is CCNc1cc(-c2ccc3ncn([C@H](c4ccccc4)C4CCOCC4)c3c2)cn(C)c1=O.